The fourth-order valence-electron chi connectivity index (χ4n) is 2.37. The molecule has 2 aromatic heterocycles. The van der Waals surface area contributed by atoms with E-state index in [9.17, 15) is 0 Å². The summed E-state index contributed by atoms with van der Waals surface area (Å²) in [5.74, 6) is 1.87. The van der Waals surface area contributed by atoms with E-state index in [1.807, 2.05) is 38.1 Å². The number of hydrogen-bond acceptors (Lipinski definition) is 2. The highest BCUT2D eigenvalue weighted by molar-refractivity contribution is 5.12. The van der Waals surface area contributed by atoms with Crippen molar-refractivity contribution in [2.24, 2.45) is 0 Å². The van der Waals surface area contributed by atoms with Gasteiger partial charge in [-0.1, -0.05) is 0 Å². The summed E-state index contributed by atoms with van der Waals surface area (Å²) in [5.41, 5.74) is 0. The van der Waals surface area contributed by atoms with Crippen molar-refractivity contribution < 1.29 is 18.6 Å². The molecule has 0 saturated carbocycles. The molecule has 4 nitrogen and oxygen atoms in total. The number of unbranched alkanes of at least 4 members (excludes halogenated alkanes) is 1. The summed E-state index contributed by atoms with van der Waals surface area (Å²) in [5, 5.41) is 0. The highest BCUT2D eigenvalue weighted by Gasteiger charge is 2.06. The fourth-order valence-corrected chi connectivity index (χ4v) is 2.37. The van der Waals surface area contributed by atoms with Gasteiger partial charge in [-0.05, 0) is 26.0 Å². The van der Waals surface area contributed by atoms with Crippen LogP contribution in [0.5, 0.6) is 11.5 Å². The normalized spacial score (nSPS) is 10.5. The van der Waals surface area contributed by atoms with Crippen LogP contribution in [0.15, 0.2) is 49.1 Å². The number of hydrogen-bond donors (Lipinski definition) is 0. The van der Waals surface area contributed by atoms with Gasteiger partial charge < -0.3 is 9.47 Å². The van der Waals surface area contributed by atoms with Gasteiger partial charge in [0.1, 0.15) is 13.1 Å². The Hall–Kier alpha value is -2.10. The predicted molar refractivity (Wildman–Crippen MR) is 84.8 cm³/mol. The lowest BCUT2D eigenvalue weighted by Crippen LogP contribution is -2.35. The van der Waals surface area contributed by atoms with Crippen molar-refractivity contribution in [1.82, 2.24) is 0 Å². The summed E-state index contributed by atoms with van der Waals surface area (Å²) in [6.45, 7) is 7.43. The molecule has 0 aliphatic heterocycles. The van der Waals surface area contributed by atoms with Gasteiger partial charge >= 0.3 is 0 Å². The second-order valence-electron chi connectivity index (χ2n) is 5.13. The number of nitrogens with zero attached hydrogens (tertiary/aromatic N) is 2. The van der Waals surface area contributed by atoms with Gasteiger partial charge in [-0.3, -0.25) is 0 Å². The molecule has 0 N–H and O–H groups in total. The monoisotopic (exact) mass is 302 g/mol. The smallest absolute Gasteiger partial charge is 0.211 e. The van der Waals surface area contributed by atoms with Crippen molar-refractivity contribution >= 4 is 0 Å². The molecule has 0 fully saturated rings. The zero-order chi connectivity index (χ0) is 15.6. The number of aryl methyl sites for hydroxylation is 2. The molecular formula is C18H26N2O2+2. The second kappa shape index (κ2) is 9.03. The van der Waals surface area contributed by atoms with Crippen molar-refractivity contribution in [3.63, 3.8) is 0 Å². The van der Waals surface area contributed by atoms with E-state index >= 15 is 0 Å². The minimum Gasteiger partial charge on any atom is -0.488 e. The van der Waals surface area contributed by atoms with E-state index in [0.717, 1.165) is 37.4 Å². The van der Waals surface area contributed by atoms with Crippen LogP contribution in [0.2, 0.25) is 0 Å². The maximum Gasteiger partial charge on any atom is 0.211 e. The quantitative estimate of drug-likeness (QED) is 0.525. The van der Waals surface area contributed by atoms with Crippen molar-refractivity contribution in [2.45, 2.75) is 39.8 Å². The lowest BCUT2D eigenvalue weighted by atomic mass is 10.3. The van der Waals surface area contributed by atoms with Crippen molar-refractivity contribution in [3.8, 4) is 11.5 Å². The number of pyridine rings is 2. The van der Waals surface area contributed by atoms with E-state index in [1.165, 1.54) is 0 Å². The lowest BCUT2D eigenvalue weighted by Gasteiger charge is -2.03. The van der Waals surface area contributed by atoms with Gasteiger partial charge in [-0.2, -0.15) is 0 Å². The Kier molecular flexibility index (Phi) is 6.68. The van der Waals surface area contributed by atoms with Crippen LogP contribution >= 0.6 is 0 Å². The first kappa shape index (κ1) is 16.3. The molecule has 0 aliphatic carbocycles. The zero-order valence-corrected chi connectivity index (χ0v) is 13.6. The van der Waals surface area contributed by atoms with E-state index in [0.29, 0.717) is 13.2 Å². The van der Waals surface area contributed by atoms with Crippen LogP contribution in [-0.2, 0) is 13.1 Å². The molecule has 0 atom stereocenters. The lowest BCUT2D eigenvalue weighted by molar-refractivity contribution is -0.708. The Balaban J connectivity index is 1.77. The minimum atomic E-state index is 0.705. The molecule has 0 radical (unpaired) electrons. The molecule has 118 valence electrons. The van der Waals surface area contributed by atoms with Crippen LogP contribution < -0.4 is 18.6 Å². The summed E-state index contributed by atoms with van der Waals surface area (Å²) < 4.78 is 15.4. The number of rotatable bonds is 9. The Labute approximate surface area is 132 Å². The van der Waals surface area contributed by atoms with Crippen LogP contribution in [0.4, 0.5) is 0 Å². The Morgan fingerprint density at radius 1 is 0.773 bits per heavy atom. The van der Waals surface area contributed by atoms with Crippen molar-refractivity contribution in [2.75, 3.05) is 13.2 Å². The molecule has 2 heterocycles. The fraction of sp³-hybridized carbons (Fsp3) is 0.444. The van der Waals surface area contributed by atoms with Gasteiger partial charge in [0.2, 0.25) is 12.4 Å². The number of aromatic nitrogens is 2. The van der Waals surface area contributed by atoms with E-state index in [1.54, 1.807) is 0 Å². The average molecular weight is 302 g/mol. The molecule has 2 rings (SSSR count). The second-order valence-corrected chi connectivity index (χ2v) is 5.13. The Bertz CT molecular complexity index is 521. The molecule has 0 aromatic carbocycles. The first-order valence-electron chi connectivity index (χ1n) is 8.05. The minimum absolute atomic E-state index is 0.705. The standard InChI is InChI=1S/C18H26N2O2/c1-3-21-17-9-7-13-19(15-17)11-5-6-12-20-14-8-10-18(16-20)22-4-2/h7-10,13-16H,3-6,11-12H2,1-2H3/q+2. The molecular weight excluding hydrogens is 276 g/mol. The van der Waals surface area contributed by atoms with Gasteiger partial charge in [-0.15, -0.1) is 0 Å². The molecule has 4 heteroatoms. The Morgan fingerprint density at radius 3 is 1.64 bits per heavy atom. The summed E-state index contributed by atoms with van der Waals surface area (Å²) in [6, 6.07) is 8.06. The van der Waals surface area contributed by atoms with Gasteiger partial charge in [0.25, 0.3) is 0 Å². The molecule has 0 saturated heterocycles. The summed E-state index contributed by atoms with van der Waals surface area (Å²) in [4.78, 5) is 0. The van der Waals surface area contributed by atoms with Crippen molar-refractivity contribution in [3.05, 3.63) is 49.1 Å². The molecule has 0 spiro atoms. The first-order valence-corrected chi connectivity index (χ1v) is 8.05. The van der Waals surface area contributed by atoms with Crippen LogP contribution in [0.25, 0.3) is 0 Å². The third-order valence-electron chi connectivity index (χ3n) is 3.37. The first-order chi connectivity index (χ1) is 10.8. The highest BCUT2D eigenvalue weighted by atomic mass is 16.5. The number of ether oxygens (including phenoxy) is 2. The van der Waals surface area contributed by atoms with Gasteiger partial charge in [-0.25, -0.2) is 9.13 Å². The van der Waals surface area contributed by atoms with Crippen LogP contribution in [0.3, 0.4) is 0 Å². The van der Waals surface area contributed by atoms with Gasteiger partial charge in [0.05, 0.1) is 13.2 Å². The third kappa shape index (κ3) is 5.35. The maximum absolute atomic E-state index is 5.52. The largest absolute Gasteiger partial charge is 0.488 e. The maximum atomic E-state index is 5.52. The zero-order valence-electron chi connectivity index (χ0n) is 13.6. The molecule has 0 unspecified atom stereocenters. The molecule has 0 amide bonds. The molecule has 0 aliphatic rings. The summed E-state index contributed by atoms with van der Waals surface area (Å²) >= 11 is 0. The molecule has 2 aromatic rings. The van der Waals surface area contributed by atoms with Crippen molar-refractivity contribution in [1.29, 1.82) is 0 Å². The highest BCUT2D eigenvalue weighted by Crippen LogP contribution is 2.06. The van der Waals surface area contributed by atoms with Crippen LogP contribution in [0.1, 0.15) is 26.7 Å². The SMILES string of the molecule is CCOc1ccc[n+](CCCC[n+]2cccc(OCC)c2)c1. The third-order valence-corrected chi connectivity index (χ3v) is 3.37. The van der Waals surface area contributed by atoms with Crippen LogP contribution in [0, 0.1) is 0 Å². The topological polar surface area (TPSA) is 26.2 Å². The van der Waals surface area contributed by atoms with E-state index in [-0.39, 0.29) is 0 Å². The van der Waals surface area contributed by atoms with Crippen LogP contribution in [-0.4, -0.2) is 13.2 Å². The molecule has 0 bridgehead atoms. The van der Waals surface area contributed by atoms with E-state index in [2.05, 4.69) is 33.9 Å². The van der Waals surface area contributed by atoms with Gasteiger partial charge in [0, 0.05) is 25.0 Å². The van der Waals surface area contributed by atoms with E-state index in [4.69, 9.17) is 9.47 Å². The Morgan fingerprint density at radius 2 is 1.23 bits per heavy atom. The summed E-state index contributed by atoms with van der Waals surface area (Å²) in [7, 11) is 0. The van der Waals surface area contributed by atoms with Gasteiger partial charge in [0.15, 0.2) is 23.9 Å². The van der Waals surface area contributed by atoms with E-state index < -0.39 is 0 Å². The predicted octanol–water partition coefficient (Wildman–Crippen LogP) is 2.54. The summed E-state index contributed by atoms with van der Waals surface area (Å²) in [6.07, 6.45) is 10.6. The molecule has 22 heavy (non-hydrogen) atoms. The average Bonchev–Trinajstić information content (AvgIpc) is 2.53.